The van der Waals surface area contributed by atoms with Gasteiger partial charge in [0, 0.05) is 43.3 Å². The number of aryl methyl sites for hydroxylation is 1. The summed E-state index contributed by atoms with van der Waals surface area (Å²) in [4.78, 5) is 32.4. The maximum atomic E-state index is 13.4. The molecule has 2 aromatic heterocycles. The molecule has 0 aliphatic rings. The number of nitrogens with one attached hydrogen (secondary N) is 1. The van der Waals surface area contributed by atoms with Gasteiger partial charge in [0.2, 0.25) is 5.95 Å². The first-order valence-electron chi connectivity index (χ1n) is 9.41. The molecule has 0 fully saturated rings. The smallest absolute Gasteiger partial charge is 0.257 e. The second kappa shape index (κ2) is 9.56. The molecule has 3 rings (SSSR count). The Kier molecular flexibility index (Phi) is 6.87. The second-order valence-corrected chi connectivity index (χ2v) is 7.51. The van der Waals surface area contributed by atoms with Gasteiger partial charge in [0.15, 0.2) is 0 Å². The van der Waals surface area contributed by atoms with E-state index >= 15 is 0 Å². The fraction of sp³-hybridized carbons (Fsp3) is 0.286. The molecule has 150 valence electrons. The summed E-state index contributed by atoms with van der Waals surface area (Å²) in [5, 5.41) is 3.18. The minimum absolute atomic E-state index is 0.0790. The van der Waals surface area contributed by atoms with E-state index in [1.807, 2.05) is 51.1 Å². The van der Waals surface area contributed by atoms with Crippen molar-refractivity contribution in [2.45, 2.75) is 26.8 Å². The number of carbonyl (C=O) groups is 1. The number of carbonyl (C=O) groups excluding carboxylic acids is 1. The van der Waals surface area contributed by atoms with E-state index in [0.29, 0.717) is 36.1 Å². The van der Waals surface area contributed by atoms with Gasteiger partial charge in [0.25, 0.3) is 5.91 Å². The molecule has 1 aromatic carbocycles. The summed E-state index contributed by atoms with van der Waals surface area (Å²) in [5.74, 6) is 1.05. The van der Waals surface area contributed by atoms with Crippen molar-refractivity contribution in [3.63, 3.8) is 0 Å². The molecule has 1 atom stereocenters. The fourth-order valence-electron chi connectivity index (χ4n) is 3.01. The van der Waals surface area contributed by atoms with Crippen molar-refractivity contribution in [1.82, 2.24) is 24.8 Å². The Labute approximate surface area is 178 Å². The van der Waals surface area contributed by atoms with Gasteiger partial charge in [-0.05, 0) is 36.7 Å². The molecule has 0 aliphatic heterocycles. The van der Waals surface area contributed by atoms with Gasteiger partial charge in [-0.2, -0.15) is 0 Å². The molecule has 2 heterocycles. The van der Waals surface area contributed by atoms with Gasteiger partial charge in [0.1, 0.15) is 5.82 Å². The molecule has 29 heavy (non-hydrogen) atoms. The number of rotatable bonds is 7. The molecule has 0 unspecified atom stereocenters. The highest BCUT2D eigenvalue weighted by Gasteiger charge is 2.24. The van der Waals surface area contributed by atoms with Gasteiger partial charge < -0.3 is 10.2 Å². The van der Waals surface area contributed by atoms with Crippen LogP contribution in [0.5, 0.6) is 0 Å². The molecular formula is C21H23BrN6O. The lowest BCUT2D eigenvalue weighted by molar-refractivity contribution is 0.0712. The highest BCUT2D eigenvalue weighted by atomic mass is 79.9. The van der Waals surface area contributed by atoms with E-state index in [1.165, 1.54) is 0 Å². The normalized spacial score (nSPS) is 11.7. The molecule has 3 aromatic rings. The van der Waals surface area contributed by atoms with Crippen LogP contribution < -0.4 is 5.32 Å². The minimum Gasteiger partial charge on any atom is -0.352 e. The van der Waals surface area contributed by atoms with Crippen LogP contribution in [0.25, 0.3) is 11.3 Å². The van der Waals surface area contributed by atoms with E-state index in [4.69, 9.17) is 0 Å². The molecule has 0 saturated heterocycles. The third-order valence-corrected chi connectivity index (χ3v) is 4.91. The van der Waals surface area contributed by atoms with Crippen molar-refractivity contribution in [2.75, 3.05) is 18.4 Å². The van der Waals surface area contributed by atoms with Gasteiger partial charge in [0.05, 0.1) is 15.7 Å². The number of halogens is 1. The molecule has 7 nitrogen and oxygen atoms in total. The first-order chi connectivity index (χ1) is 14.0. The van der Waals surface area contributed by atoms with Crippen LogP contribution in [-0.4, -0.2) is 49.9 Å². The van der Waals surface area contributed by atoms with Crippen molar-refractivity contribution in [2.24, 2.45) is 0 Å². The van der Waals surface area contributed by atoms with Crippen molar-refractivity contribution in [3.05, 3.63) is 64.8 Å². The van der Waals surface area contributed by atoms with Crippen molar-refractivity contribution >= 4 is 27.8 Å². The number of benzene rings is 1. The van der Waals surface area contributed by atoms with Gasteiger partial charge >= 0.3 is 0 Å². The Balaban J connectivity index is 1.81. The van der Waals surface area contributed by atoms with Crippen molar-refractivity contribution in [1.29, 1.82) is 0 Å². The van der Waals surface area contributed by atoms with Crippen LogP contribution in [-0.2, 0) is 0 Å². The number of hydrogen-bond donors (Lipinski definition) is 1. The highest BCUT2D eigenvalue weighted by molar-refractivity contribution is 9.10. The van der Waals surface area contributed by atoms with E-state index in [-0.39, 0.29) is 11.9 Å². The molecule has 0 bridgehead atoms. The van der Waals surface area contributed by atoms with E-state index in [2.05, 4.69) is 41.2 Å². The number of amides is 1. The summed E-state index contributed by atoms with van der Waals surface area (Å²) >= 11 is 3.32. The summed E-state index contributed by atoms with van der Waals surface area (Å²) in [6, 6.07) is 9.63. The quantitative estimate of drug-likeness (QED) is 0.581. The van der Waals surface area contributed by atoms with Crippen LogP contribution in [0, 0.1) is 6.92 Å². The monoisotopic (exact) mass is 454 g/mol. The lowest BCUT2D eigenvalue weighted by atomic mass is 10.1. The molecule has 0 saturated carbocycles. The first kappa shape index (κ1) is 20.9. The summed E-state index contributed by atoms with van der Waals surface area (Å²) in [7, 11) is 0. The average molecular weight is 455 g/mol. The predicted octanol–water partition coefficient (Wildman–Crippen LogP) is 3.97. The second-order valence-electron chi connectivity index (χ2n) is 6.59. The van der Waals surface area contributed by atoms with Crippen LogP contribution in [0.15, 0.2) is 53.4 Å². The number of likely N-dealkylation sites (N-methyl/N-ethyl adjacent to an activating group) is 1. The zero-order chi connectivity index (χ0) is 20.8. The van der Waals surface area contributed by atoms with Crippen LogP contribution in [0.3, 0.4) is 0 Å². The number of anilines is 1. The summed E-state index contributed by atoms with van der Waals surface area (Å²) in [6.07, 6.45) is 4.98. The van der Waals surface area contributed by atoms with Gasteiger partial charge in [-0.3, -0.25) is 4.79 Å². The summed E-state index contributed by atoms with van der Waals surface area (Å²) < 4.78 is 0.814. The summed E-state index contributed by atoms with van der Waals surface area (Å²) in [6.45, 7) is 6.86. The molecular weight excluding hydrogens is 432 g/mol. The molecule has 0 radical (unpaired) electrons. The third kappa shape index (κ3) is 5.14. The van der Waals surface area contributed by atoms with E-state index in [9.17, 15) is 4.79 Å². The Hall–Kier alpha value is -2.87. The Morgan fingerprint density at radius 1 is 1.14 bits per heavy atom. The predicted molar refractivity (Wildman–Crippen MR) is 117 cm³/mol. The lowest BCUT2D eigenvalue weighted by Crippen LogP contribution is -2.42. The zero-order valence-electron chi connectivity index (χ0n) is 16.6. The number of hydrogen-bond acceptors (Lipinski definition) is 6. The largest absolute Gasteiger partial charge is 0.352 e. The Morgan fingerprint density at radius 3 is 2.48 bits per heavy atom. The SMILES string of the molecule is CCN(C(=O)c1cnc(C)nc1-c1ccccc1)[C@@H](C)CNc1ncc(Br)cn1. The summed E-state index contributed by atoms with van der Waals surface area (Å²) in [5.41, 5.74) is 2.04. The topological polar surface area (TPSA) is 83.9 Å². The molecule has 1 N–H and O–H groups in total. The standard InChI is InChI=1S/C21H23BrN6O/c1-4-28(14(2)10-24-21-25-11-17(22)12-26-21)20(29)18-13-23-15(3)27-19(18)16-8-6-5-7-9-16/h5-9,11-14H,4,10H2,1-3H3,(H,24,25,26)/t14-/m0/s1. The minimum atomic E-state index is -0.0997. The highest BCUT2D eigenvalue weighted by Crippen LogP contribution is 2.23. The molecule has 8 heteroatoms. The van der Waals surface area contributed by atoms with Crippen molar-refractivity contribution in [3.8, 4) is 11.3 Å². The van der Waals surface area contributed by atoms with Crippen LogP contribution >= 0.6 is 15.9 Å². The van der Waals surface area contributed by atoms with Crippen molar-refractivity contribution < 1.29 is 4.79 Å². The van der Waals surface area contributed by atoms with Crippen LogP contribution in [0.4, 0.5) is 5.95 Å². The van der Waals surface area contributed by atoms with Gasteiger partial charge in [-0.15, -0.1) is 0 Å². The maximum Gasteiger partial charge on any atom is 0.257 e. The Morgan fingerprint density at radius 2 is 1.83 bits per heavy atom. The van der Waals surface area contributed by atoms with E-state index in [0.717, 1.165) is 10.0 Å². The fourth-order valence-corrected chi connectivity index (χ4v) is 3.21. The van der Waals surface area contributed by atoms with E-state index in [1.54, 1.807) is 23.5 Å². The lowest BCUT2D eigenvalue weighted by Gasteiger charge is -2.29. The van der Waals surface area contributed by atoms with E-state index < -0.39 is 0 Å². The zero-order valence-corrected chi connectivity index (χ0v) is 18.2. The average Bonchev–Trinajstić information content (AvgIpc) is 2.74. The third-order valence-electron chi connectivity index (χ3n) is 4.50. The number of nitrogens with zero attached hydrogens (tertiary/aromatic N) is 5. The first-order valence-corrected chi connectivity index (χ1v) is 10.2. The van der Waals surface area contributed by atoms with Crippen LogP contribution in [0.1, 0.15) is 30.0 Å². The maximum absolute atomic E-state index is 13.4. The number of aromatic nitrogens is 4. The van der Waals surface area contributed by atoms with Gasteiger partial charge in [-0.25, -0.2) is 19.9 Å². The molecule has 0 spiro atoms. The molecule has 0 aliphatic carbocycles. The molecule has 1 amide bonds. The van der Waals surface area contributed by atoms with Gasteiger partial charge in [-0.1, -0.05) is 30.3 Å². The Bertz CT molecular complexity index is 965. The van der Waals surface area contributed by atoms with Crippen LogP contribution in [0.2, 0.25) is 0 Å².